The lowest BCUT2D eigenvalue weighted by molar-refractivity contribution is -0.126. The van der Waals surface area contributed by atoms with Gasteiger partial charge in [-0.15, -0.1) is 0 Å². The van der Waals surface area contributed by atoms with Gasteiger partial charge in [0.05, 0.1) is 24.6 Å². The molecule has 35 heavy (non-hydrogen) atoms. The summed E-state index contributed by atoms with van der Waals surface area (Å²) in [6.07, 6.45) is -3.52. The molecule has 188 valence electrons. The van der Waals surface area contributed by atoms with Crippen molar-refractivity contribution >= 4 is 40.4 Å². The molecule has 2 aromatic rings. The molecule has 1 heterocycles. The molecule has 0 radical (unpaired) electrons. The SMILES string of the molecule is CC(=O)c1c(O)oc(=O)c(C(C)=Nc2cc(NC(=O)[C@@H](O)CO)cc(NC(=O)[C@@H](O)CO)c2)c1O. The van der Waals surface area contributed by atoms with Crippen LogP contribution in [0.25, 0.3) is 0 Å². The summed E-state index contributed by atoms with van der Waals surface area (Å²) < 4.78 is 4.59. The van der Waals surface area contributed by atoms with Crippen LogP contribution in [-0.4, -0.2) is 79.4 Å². The van der Waals surface area contributed by atoms with E-state index >= 15 is 0 Å². The summed E-state index contributed by atoms with van der Waals surface area (Å²) in [6.45, 7) is 0.544. The molecule has 0 fully saturated rings. The molecule has 14 heteroatoms. The monoisotopic (exact) mass is 493 g/mol. The van der Waals surface area contributed by atoms with Crippen molar-refractivity contribution in [1.82, 2.24) is 0 Å². The van der Waals surface area contributed by atoms with E-state index in [-0.39, 0.29) is 22.8 Å². The van der Waals surface area contributed by atoms with Gasteiger partial charge in [0.2, 0.25) is 0 Å². The van der Waals surface area contributed by atoms with Gasteiger partial charge in [0.25, 0.3) is 17.8 Å². The predicted octanol–water partition coefficient (Wildman–Crippen LogP) is -1.02. The van der Waals surface area contributed by atoms with Crippen LogP contribution in [0.1, 0.15) is 29.8 Å². The number of hydrogen-bond acceptors (Lipinski definition) is 12. The Hall–Kier alpha value is -4.11. The van der Waals surface area contributed by atoms with Crippen LogP contribution in [0.3, 0.4) is 0 Å². The highest BCUT2D eigenvalue weighted by Crippen LogP contribution is 2.31. The fourth-order valence-electron chi connectivity index (χ4n) is 2.84. The maximum absolute atomic E-state index is 12.2. The number of aliphatic imine (C=N–C) groups is 1. The number of rotatable bonds is 9. The Balaban J connectivity index is 2.60. The van der Waals surface area contributed by atoms with Gasteiger partial charge in [0.15, 0.2) is 18.0 Å². The minimum atomic E-state index is -1.76. The number of amides is 2. The zero-order chi connectivity index (χ0) is 26.4. The number of benzene rings is 1. The normalized spacial score (nSPS) is 13.1. The molecule has 2 amide bonds. The van der Waals surface area contributed by atoms with Crippen molar-refractivity contribution in [3.8, 4) is 11.7 Å². The van der Waals surface area contributed by atoms with Crippen molar-refractivity contribution in [2.75, 3.05) is 23.8 Å². The Morgan fingerprint density at radius 1 is 0.914 bits per heavy atom. The number of nitrogens with one attached hydrogen (secondary N) is 2. The lowest BCUT2D eigenvalue weighted by atomic mass is 10.1. The van der Waals surface area contributed by atoms with Crippen molar-refractivity contribution in [1.29, 1.82) is 0 Å². The standard InChI is InChI=1S/C21H23N3O11/c1-8(15-17(30)16(9(2)27)21(34)35-20(15)33)22-10-3-11(23-18(31)13(28)6-25)5-12(4-10)24-19(32)14(29)7-26/h3-5,13-14,25-26,28-30,34H,6-7H2,1-2H3,(H,23,31)(H,24,32)/t13-,14-/m0/s1. The minimum absolute atomic E-state index is 0.0381. The largest absolute Gasteiger partial charge is 0.506 e. The summed E-state index contributed by atoms with van der Waals surface area (Å²) in [4.78, 5) is 51.9. The van der Waals surface area contributed by atoms with E-state index < -0.39 is 71.5 Å². The molecule has 0 spiro atoms. The molecule has 0 aliphatic rings. The highest BCUT2D eigenvalue weighted by atomic mass is 16.5. The third-order valence-electron chi connectivity index (χ3n) is 4.50. The molecule has 0 saturated heterocycles. The first-order valence-corrected chi connectivity index (χ1v) is 9.89. The molecule has 8 N–H and O–H groups in total. The summed E-state index contributed by atoms with van der Waals surface area (Å²) in [5.74, 6) is -4.74. The van der Waals surface area contributed by atoms with E-state index in [0.717, 1.165) is 6.92 Å². The number of hydrogen-bond donors (Lipinski definition) is 8. The molecule has 0 aliphatic heterocycles. The van der Waals surface area contributed by atoms with Crippen molar-refractivity contribution in [3.63, 3.8) is 0 Å². The quantitative estimate of drug-likeness (QED) is 0.155. The van der Waals surface area contributed by atoms with Gasteiger partial charge in [-0.1, -0.05) is 0 Å². The lowest BCUT2D eigenvalue weighted by Crippen LogP contribution is -2.31. The van der Waals surface area contributed by atoms with Crippen LogP contribution in [0.4, 0.5) is 17.1 Å². The van der Waals surface area contributed by atoms with E-state index in [1.807, 2.05) is 0 Å². The Morgan fingerprint density at radius 3 is 1.83 bits per heavy atom. The summed E-state index contributed by atoms with van der Waals surface area (Å²) >= 11 is 0. The van der Waals surface area contributed by atoms with Gasteiger partial charge in [0, 0.05) is 11.4 Å². The molecular weight excluding hydrogens is 470 g/mol. The summed E-state index contributed by atoms with van der Waals surface area (Å²) in [6, 6.07) is 3.67. The first-order chi connectivity index (χ1) is 16.4. The van der Waals surface area contributed by atoms with Gasteiger partial charge in [-0.2, -0.15) is 0 Å². The smallest absolute Gasteiger partial charge is 0.351 e. The number of aliphatic hydroxyl groups is 4. The maximum Gasteiger partial charge on any atom is 0.351 e. The van der Waals surface area contributed by atoms with E-state index in [4.69, 9.17) is 10.2 Å². The van der Waals surface area contributed by atoms with Crippen LogP contribution >= 0.6 is 0 Å². The van der Waals surface area contributed by atoms with E-state index in [9.17, 15) is 39.6 Å². The van der Waals surface area contributed by atoms with Crippen LogP contribution in [-0.2, 0) is 9.59 Å². The predicted molar refractivity (Wildman–Crippen MR) is 120 cm³/mol. The van der Waals surface area contributed by atoms with E-state index in [1.165, 1.54) is 25.1 Å². The number of Topliss-reactive ketones (excluding diaryl/α,β-unsaturated/α-hetero) is 1. The second kappa shape index (κ2) is 11.3. The number of anilines is 2. The summed E-state index contributed by atoms with van der Waals surface area (Å²) in [7, 11) is 0. The van der Waals surface area contributed by atoms with Crippen LogP contribution in [0.2, 0.25) is 0 Å². The van der Waals surface area contributed by atoms with Crippen molar-refractivity contribution in [2.45, 2.75) is 26.1 Å². The Labute approximate surface area is 196 Å². The number of aliphatic hydroxyl groups excluding tert-OH is 4. The molecule has 0 bridgehead atoms. The zero-order valence-corrected chi connectivity index (χ0v) is 18.5. The van der Waals surface area contributed by atoms with Crippen LogP contribution < -0.4 is 16.3 Å². The Bertz CT molecular complexity index is 1190. The first-order valence-electron chi connectivity index (χ1n) is 9.89. The van der Waals surface area contributed by atoms with E-state index in [0.29, 0.717) is 0 Å². The second-order valence-electron chi connectivity index (χ2n) is 7.19. The molecule has 1 aromatic heterocycles. The first kappa shape index (κ1) is 27.1. The van der Waals surface area contributed by atoms with Crippen LogP contribution in [0.15, 0.2) is 32.4 Å². The molecule has 2 rings (SSSR count). The molecule has 14 nitrogen and oxygen atoms in total. The molecule has 0 unspecified atom stereocenters. The number of aromatic hydroxyl groups is 2. The minimum Gasteiger partial charge on any atom is -0.506 e. The topological polar surface area (TPSA) is 239 Å². The average molecular weight is 493 g/mol. The molecule has 0 aliphatic carbocycles. The van der Waals surface area contributed by atoms with Crippen LogP contribution in [0, 0.1) is 0 Å². The third-order valence-corrected chi connectivity index (χ3v) is 4.50. The van der Waals surface area contributed by atoms with Crippen molar-refractivity contribution < 1.29 is 49.4 Å². The Kier molecular flexibility index (Phi) is 8.80. The van der Waals surface area contributed by atoms with Gasteiger partial charge in [0.1, 0.15) is 16.9 Å². The van der Waals surface area contributed by atoms with Crippen LogP contribution in [0.5, 0.6) is 11.7 Å². The van der Waals surface area contributed by atoms with Gasteiger partial charge >= 0.3 is 5.63 Å². The number of nitrogens with zero attached hydrogens (tertiary/aromatic N) is 1. The second-order valence-corrected chi connectivity index (χ2v) is 7.19. The third kappa shape index (κ3) is 6.48. The molecule has 1 aromatic carbocycles. The maximum atomic E-state index is 12.2. The van der Waals surface area contributed by atoms with Crippen molar-refractivity contribution in [3.05, 3.63) is 39.7 Å². The highest BCUT2D eigenvalue weighted by molar-refractivity contribution is 6.07. The van der Waals surface area contributed by atoms with Gasteiger partial charge < -0.3 is 45.7 Å². The zero-order valence-electron chi connectivity index (χ0n) is 18.5. The molecule has 0 saturated carbocycles. The van der Waals surface area contributed by atoms with E-state index in [2.05, 4.69) is 20.0 Å². The lowest BCUT2D eigenvalue weighted by Gasteiger charge is -2.14. The summed E-state index contributed by atoms with van der Waals surface area (Å²) in [5, 5.41) is 61.4. The van der Waals surface area contributed by atoms with Gasteiger partial charge in [-0.25, -0.2) is 4.79 Å². The number of carbonyl (C=O) groups is 3. The number of carbonyl (C=O) groups excluding carboxylic acids is 3. The van der Waals surface area contributed by atoms with E-state index in [1.54, 1.807) is 0 Å². The fraction of sp³-hybridized carbons (Fsp3) is 0.286. The molecular formula is C21H23N3O11. The van der Waals surface area contributed by atoms with Gasteiger partial charge in [-0.3, -0.25) is 19.4 Å². The highest BCUT2D eigenvalue weighted by Gasteiger charge is 2.24. The summed E-state index contributed by atoms with van der Waals surface area (Å²) in [5.41, 5.74) is -2.71. The fourth-order valence-corrected chi connectivity index (χ4v) is 2.84. The molecule has 2 atom stereocenters. The van der Waals surface area contributed by atoms with Crippen molar-refractivity contribution in [2.24, 2.45) is 4.99 Å². The number of ketones is 1. The average Bonchev–Trinajstić information content (AvgIpc) is 2.76. The Morgan fingerprint density at radius 2 is 1.40 bits per heavy atom. The van der Waals surface area contributed by atoms with Gasteiger partial charge in [-0.05, 0) is 32.0 Å².